The normalized spacial score (nSPS) is 12.6. The van der Waals surface area contributed by atoms with E-state index < -0.39 is 5.97 Å². The topological polar surface area (TPSA) is 52.8 Å². The zero-order valence-electron chi connectivity index (χ0n) is 10.5. The highest BCUT2D eigenvalue weighted by atomic mass is 16.5. The molecule has 1 atom stereocenters. The van der Waals surface area contributed by atoms with Crippen molar-refractivity contribution in [2.75, 3.05) is 13.7 Å². The molecule has 0 amide bonds. The van der Waals surface area contributed by atoms with Crippen molar-refractivity contribution in [2.24, 2.45) is 0 Å². The third-order valence-electron chi connectivity index (χ3n) is 2.73. The molecule has 0 spiro atoms. The fourth-order valence-corrected chi connectivity index (χ4v) is 1.54. The van der Waals surface area contributed by atoms with Gasteiger partial charge in [-0.25, -0.2) is 9.78 Å². The molecule has 96 valence electrons. The van der Waals surface area contributed by atoms with Crippen LogP contribution < -0.4 is 0 Å². The van der Waals surface area contributed by atoms with E-state index in [1.54, 1.807) is 17.7 Å². The summed E-state index contributed by atoms with van der Waals surface area (Å²) in [4.78, 5) is 15.9. The molecule has 0 aromatic carbocycles. The molecule has 18 heavy (non-hydrogen) atoms. The number of nitrogens with zero attached hydrogens (tertiary/aromatic N) is 2. The van der Waals surface area contributed by atoms with Gasteiger partial charge in [0.1, 0.15) is 5.65 Å². The Morgan fingerprint density at radius 2 is 2.33 bits per heavy atom. The molecule has 0 N–H and O–H groups in total. The Hall–Kier alpha value is -1.88. The Kier molecular flexibility index (Phi) is 3.94. The van der Waals surface area contributed by atoms with E-state index in [0.29, 0.717) is 18.7 Å². The number of ether oxygens (including phenoxy) is 2. The van der Waals surface area contributed by atoms with E-state index in [1.165, 1.54) is 0 Å². The summed E-state index contributed by atoms with van der Waals surface area (Å²) in [5.41, 5.74) is 1.06. The number of fused-ring (bicyclic) bond motifs is 1. The van der Waals surface area contributed by atoms with Crippen LogP contribution in [0.5, 0.6) is 0 Å². The van der Waals surface area contributed by atoms with Gasteiger partial charge in [0.05, 0.1) is 12.7 Å². The van der Waals surface area contributed by atoms with Crippen molar-refractivity contribution in [3.05, 3.63) is 36.3 Å². The molecule has 2 rings (SSSR count). The van der Waals surface area contributed by atoms with Gasteiger partial charge in [-0.05, 0) is 19.1 Å². The van der Waals surface area contributed by atoms with Crippen LogP contribution in [0.3, 0.4) is 0 Å². The lowest BCUT2D eigenvalue weighted by molar-refractivity contribution is 0.0385. The van der Waals surface area contributed by atoms with Crippen LogP contribution in [-0.4, -0.2) is 35.2 Å². The number of pyridine rings is 1. The maximum Gasteiger partial charge on any atom is 0.358 e. The number of imidazole rings is 1. The second kappa shape index (κ2) is 5.64. The van der Waals surface area contributed by atoms with Crippen molar-refractivity contribution in [1.29, 1.82) is 0 Å². The predicted molar refractivity (Wildman–Crippen MR) is 66.6 cm³/mol. The van der Waals surface area contributed by atoms with Gasteiger partial charge in [-0.2, -0.15) is 0 Å². The van der Waals surface area contributed by atoms with Crippen LogP contribution in [0.2, 0.25) is 0 Å². The number of rotatable bonds is 5. The van der Waals surface area contributed by atoms with E-state index >= 15 is 0 Å². The Morgan fingerprint density at radius 1 is 1.50 bits per heavy atom. The van der Waals surface area contributed by atoms with Gasteiger partial charge in [0.25, 0.3) is 0 Å². The van der Waals surface area contributed by atoms with Crippen LogP contribution in [0.4, 0.5) is 0 Å². The second-order valence-corrected chi connectivity index (χ2v) is 4.06. The van der Waals surface area contributed by atoms with Crippen molar-refractivity contribution < 1.29 is 14.3 Å². The smallest absolute Gasteiger partial charge is 0.358 e. The lowest BCUT2D eigenvalue weighted by Crippen LogP contribution is -2.13. The monoisotopic (exact) mass is 248 g/mol. The zero-order valence-corrected chi connectivity index (χ0v) is 10.5. The van der Waals surface area contributed by atoms with Crippen molar-refractivity contribution >= 4 is 11.6 Å². The zero-order chi connectivity index (χ0) is 13.0. The van der Waals surface area contributed by atoms with Gasteiger partial charge in [0.2, 0.25) is 0 Å². The molecule has 2 aromatic heterocycles. The van der Waals surface area contributed by atoms with Crippen LogP contribution in [0, 0.1) is 0 Å². The summed E-state index contributed by atoms with van der Waals surface area (Å²) in [7, 11) is 1.63. The highest BCUT2D eigenvalue weighted by molar-refractivity contribution is 5.87. The number of hydrogen-bond donors (Lipinski definition) is 0. The van der Waals surface area contributed by atoms with E-state index in [1.807, 2.05) is 31.3 Å². The van der Waals surface area contributed by atoms with Gasteiger partial charge in [-0.15, -0.1) is 0 Å². The highest BCUT2D eigenvalue weighted by Gasteiger charge is 2.12. The summed E-state index contributed by atoms with van der Waals surface area (Å²) < 4.78 is 12.0. The lowest BCUT2D eigenvalue weighted by atomic mass is 10.3. The number of esters is 1. The number of carbonyl (C=O) groups is 1. The van der Waals surface area contributed by atoms with Crippen LogP contribution in [0.15, 0.2) is 30.6 Å². The first-order valence-corrected chi connectivity index (χ1v) is 5.84. The fraction of sp³-hybridized carbons (Fsp3) is 0.385. The molecule has 0 saturated heterocycles. The van der Waals surface area contributed by atoms with E-state index in [4.69, 9.17) is 9.47 Å². The van der Waals surface area contributed by atoms with Gasteiger partial charge < -0.3 is 13.9 Å². The molecular formula is C13H16N2O3. The SMILES string of the molecule is COC(C)CCOC(=O)c1cn2ccccc2n1. The van der Waals surface area contributed by atoms with Gasteiger partial charge in [0.15, 0.2) is 5.69 Å². The van der Waals surface area contributed by atoms with Crippen molar-refractivity contribution in [3.8, 4) is 0 Å². The molecule has 0 bridgehead atoms. The molecule has 0 aliphatic carbocycles. The lowest BCUT2D eigenvalue weighted by Gasteiger charge is -2.08. The fourth-order valence-electron chi connectivity index (χ4n) is 1.54. The summed E-state index contributed by atoms with van der Waals surface area (Å²) in [6, 6.07) is 5.59. The molecule has 1 unspecified atom stereocenters. The summed E-state index contributed by atoms with van der Waals surface area (Å²) >= 11 is 0. The largest absolute Gasteiger partial charge is 0.461 e. The quantitative estimate of drug-likeness (QED) is 0.758. The first-order chi connectivity index (χ1) is 8.70. The molecule has 0 radical (unpaired) electrons. The summed E-state index contributed by atoms with van der Waals surface area (Å²) in [6.45, 7) is 2.26. The standard InChI is InChI=1S/C13H16N2O3/c1-10(17-2)6-8-18-13(16)11-9-15-7-4-3-5-12(15)14-11/h3-5,7,9-10H,6,8H2,1-2H3. The van der Waals surface area contributed by atoms with Gasteiger partial charge in [-0.1, -0.05) is 6.07 Å². The van der Waals surface area contributed by atoms with E-state index in [0.717, 1.165) is 5.65 Å². The number of hydrogen-bond acceptors (Lipinski definition) is 4. The molecular weight excluding hydrogens is 232 g/mol. The summed E-state index contributed by atoms with van der Waals surface area (Å²) in [5.74, 6) is -0.401. The van der Waals surface area contributed by atoms with Crippen molar-refractivity contribution in [1.82, 2.24) is 9.38 Å². The summed E-state index contributed by atoms with van der Waals surface area (Å²) in [6.07, 6.45) is 4.26. The van der Waals surface area contributed by atoms with Crippen molar-refractivity contribution in [3.63, 3.8) is 0 Å². The van der Waals surface area contributed by atoms with Crippen LogP contribution in [0.1, 0.15) is 23.8 Å². The van der Waals surface area contributed by atoms with Gasteiger partial charge in [0, 0.05) is 25.9 Å². The third kappa shape index (κ3) is 2.87. The van der Waals surface area contributed by atoms with E-state index in [-0.39, 0.29) is 6.10 Å². The maximum absolute atomic E-state index is 11.7. The molecule has 2 heterocycles. The molecule has 0 aliphatic heterocycles. The van der Waals surface area contributed by atoms with Crippen LogP contribution in [0.25, 0.3) is 5.65 Å². The molecule has 5 nitrogen and oxygen atoms in total. The molecule has 5 heteroatoms. The number of aromatic nitrogens is 2. The Morgan fingerprint density at radius 3 is 3.06 bits per heavy atom. The molecule has 0 aliphatic rings. The molecule has 2 aromatic rings. The minimum absolute atomic E-state index is 0.0823. The van der Waals surface area contributed by atoms with E-state index in [9.17, 15) is 4.79 Å². The Balaban J connectivity index is 1.96. The highest BCUT2D eigenvalue weighted by Crippen LogP contribution is 2.06. The van der Waals surface area contributed by atoms with Crippen molar-refractivity contribution in [2.45, 2.75) is 19.4 Å². The van der Waals surface area contributed by atoms with E-state index in [2.05, 4.69) is 4.98 Å². The maximum atomic E-state index is 11.7. The Bertz CT molecular complexity index is 503. The third-order valence-corrected chi connectivity index (χ3v) is 2.73. The predicted octanol–water partition coefficient (Wildman–Crippen LogP) is 1.92. The van der Waals surface area contributed by atoms with Crippen LogP contribution in [-0.2, 0) is 9.47 Å². The second-order valence-electron chi connectivity index (χ2n) is 4.06. The first-order valence-electron chi connectivity index (χ1n) is 5.84. The molecule has 0 fully saturated rings. The van der Waals surface area contributed by atoms with Crippen LogP contribution >= 0.6 is 0 Å². The summed E-state index contributed by atoms with van der Waals surface area (Å²) in [5, 5.41) is 0. The average Bonchev–Trinajstić information content (AvgIpc) is 2.82. The average molecular weight is 248 g/mol. The number of carbonyl (C=O) groups excluding carboxylic acids is 1. The first kappa shape index (κ1) is 12.6. The molecule has 0 saturated carbocycles. The number of methoxy groups -OCH3 is 1. The van der Waals surface area contributed by atoms with Gasteiger partial charge >= 0.3 is 5.97 Å². The Labute approximate surface area is 105 Å². The minimum atomic E-state index is -0.401. The van der Waals surface area contributed by atoms with Gasteiger partial charge in [-0.3, -0.25) is 0 Å². The minimum Gasteiger partial charge on any atom is -0.461 e.